The minimum absolute atomic E-state index is 0. The van der Waals surface area contributed by atoms with Gasteiger partial charge in [-0.3, -0.25) is 0 Å². The number of nitrogens with two attached hydrogens (primary N) is 1. The van der Waals surface area contributed by atoms with Crippen LogP contribution < -0.4 is 5.73 Å². The molecule has 156 valence electrons. The van der Waals surface area contributed by atoms with Crippen molar-refractivity contribution in [2.75, 3.05) is 0 Å². The number of aryl methyl sites for hydroxylation is 2. The number of hydrogen-bond donors (Lipinski definition) is 1. The zero-order chi connectivity index (χ0) is 20.2. The summed E-state index contributed by atoms with van der Waals surface area (Å²) in [7, 11) is 0. The highest BCUT2D eigenvalue weighted by atomic mass is 35.5. The Labute approximate surface area is 185 Å². The van der Waals surface area contributed by atoms with Crippen LogP contribution in [0.1, 0.15) is 64.8 Å². The molecule has 0 amide bonds. The normalized spacial score (nSPS) is 15.0. The minimum Gasteiger partial charge on any atom is -0.326 e. The monoisotopic (exact) mass is 443 g/mol. The molecule has 2 aromatic heterocycles. The molecule has 0 saturated carbocycles. The van der Waals surface area contributed by atoms with Crippen molar-refractivity contribution in [1.29, 1.82) is 0 Å². The molecular formula is C22H32Cl3N3. The van der Waals surface area contributed by atoms with Crippen LogP contribution >= 0.6 is 34.8 Å². The number of pyridine rings is 2. The summed E-state index contributed by atoms with van der Waals surface area (Å²) in [5.74, 6) is 0. The second-order valence-corrected chi connectivity index (χ2v) is 9.79. The second-order valence-electron chi connectivity index (χ2n) is 8.65. The van der Waals surface area contributed by atoms with E-state index in [0.29, 0.717) is 20.9 Å². The van der Waals surface area contributed by atoms with Crippen LogP contribution in [0.15, 0.2) is 24.3 Å². The third-order valence-corrected chi connectivity index (χ3v) is 5.43. The molecule has 0 saturated heterocycles. The van der Waals surface area contributed by atoms with Gasteiger partial charge in [0.15, 0.2) is 0 Å². The van der Waals surface area contributed by atoms with Crippen molar-refractivity contribution in [2.24, 2.45) is 11.1 Å². The molecule has 2 N–H and O–H groups in total. The summed E-state index contributed by atoms with van der Waals surface area (Å²) in [4.78, 5) is 8.34. The van der Waals surface area contributed by atoms with Crippen molar-refractivity contribution in [3.05, 3.63) is 56.5 Å². The van der Waals surface area contributed by atoms with Crippen molar-refractivity contribution in [3.8, 4) is 0 Å². The van der Waals surface area contributed by atoms with E-state index < -0.39 is 0 Å². The van der Waals surface area contributed by atoms with E-state index >= 15 is 0 Å². The topological polar surface area (TPSA) is 51.8 Å². The number of nitrogens with zero attached hydrogens (tertiary/aromatic N) is 2. The van der Waals surface area contributed by atoms with Crippen molar-refractivity contribution < 1.29 is 0 Å². The summed E-state index contributed by atoms with van der Waals surface area (Å²) in [6.45, 7) is 8.56. The van der Waals surface area contributed by atoms with Crippen LogP contribution in [0, 0.1) is 5.41 Å². The summed E-state index contributed by atoms with van der Waals surface area (Å²) >= 11 is 17.5. The molecule has 0 unspecified atom stereocenters. The van der Waals surface area contributed by atoms with E-state index in [1.807, 2.05) is 26.0 Å². The van der Waals surface area contributed by atoms with Crippen LogP contribution in [0.4, 0.5) is 0 Å². The van der Waals surface area contributed by atoms with Crippen LogP contribution in [0.25, 0.3) is 0 Å². The number of hydrogen-bond acceptors (Lipinski definition) is 3. The van der Waals surface area contributed by atoms with Crippen LogP contribution in [0.2, 0.25) is 15.5 Å². The van der Waals surface area contributed by atoms with Gasteiger partial charge in [0.1, 0.15) is 15.5 Å². The highest BCUT2D eigenvalue weighted by Gasteiger charge is 2.25. The standard InChI is InChI=1S/C11H14ClN.C10H14Cl2N2.CH4/c1-11(2)6-5-8-3-4-10(12)13-9(8)7-11;1-10(2,13)6-5-7-3-4-8(11)14-9(7)12;/h3-4H,5-7H2,1-2H3;3-4H,5-6,13H2,1-2H3;1H4. The van der Waals surface area contributed by atoms with Crippen LogP contribution in [0.3, 0.4) is 0 Å². The molecule has 0 spiro atoms. The fourth-order valence-electron chi connectivity index (χ4n) is 2.98. The molecule has 0 bridgehead atoms. The van der Waals surface area contributed by atoms with Gasteiger partial charge in [-0.1, -0.05) is 68.2 Å². The van der Waals surface area contributed by atoms with E-state index in [9.17, 15) is 0 Å². The van der Waals surface area contributed by atoms with Gasteiger partial charge < -0.3 is 5.73 Å². The van der Waals surface area contributed by atoms with Crippen LogP contribution in [0.5, 0.6) is 0 Å². The highest BCUT2D eigenvalue weighted by Crippen LogP contribution is 2.34. The average Bonchev–Trinajstić information content (AvgIpc) is 2.52. The molecule has 1 aliphatic carbocycles. The molecule has 6 heteroatoms. The highest BCUT2D eigenvalue weighted by molar-refractivity contribution is 6.32. The molecule has 0 aliphatic heterocycles. The van der Waals surface area contributed by atoms with Crippen molar-refractivity contribution >= 4 is 34.8 Å². The summed E-state index contributed by atoms with van der Waals surface area (Å²) in [5, 5.41) is 1.52. The fourth-order valence-corrected chi connectivity index (χ4v) is 3.59. The van der Waals surface area contributed by atoms with Gasteiger partial charge in [0.25, 0.3) is 0 Å². The molecule has 0 aromatic carbocycles. The van der Waals surface area contributed by atoms with E-state index in [1.54, 1.807) is 6.07 Å². The van der Waals surface area contributed by atoms with E-state index in [-0.39, 0.29) is 13.0 Å². The van der Waals surface area contributed by atoms with Crippen molar-refractivity contribution in [1.82, 2.24) is 9.97 Å². The summed E-state index contributed by atoms with van der Waals surface area (Å²) in [5.41, 5.74) is 9.66. The minimum atomic E-state index is -0.178. The molecule has 28 heavy (non-hydrogen) atoms. The Hall–Kier alpha value is -0.870. The van der Waals surface area contributed by atoms with Gasteiger partial charge in [-0.05, 0) is 74.6 Å². The molecule has 2 heterocycles. The molecule has 3 nitrogen and oxygen atoms in total. The van der Waals surface area contributed by atoms with Gasteiger partial charge in [-0.2, -0.15) is 0 Å². The third-order valence-electron chi connectivity index (χ3n) is 4.68. The first-order chi connectivity index (χ1) is 12.5. The Balaban J connectivity index is 0.000000271. The van der Waals surface area contributed by atoms with E-state index in [4.69, 9.17) is 40.5 Å². The fraction of sp³-hybridized carbons (Fsp3) is 0.545. The largest absolute Gasteiger partial charge is 0.326 e. The van der Waals surface area contributed by atoms with Crippen molar-refractivity contribution in [2.45, 2.75) is 72.8 Å². The lowest BCUT2D eigenvalue weighted by atomic mass is 9.76. The first-order valence-electron chi connectivity index (χ1n) is 9.19. The molecule has 2 aromatic rings. The van der Waals surface area contributed by atoms with E-state index in [0.717, 1.165) is 31.2 Å². The maximum Gasteiger partial charge on any atom is 0.134 e. The second kappa shape index (κ2) is 10.2. The lowest BCUT2D eigenvalue weighted by molar-refractivity contribution is 0.310. The summed E-state index contributed by atoms with van der Waals surface area (Å²) < 4.78 is 0. The third kappa shape index (κ3) is 8.24. The van der Waals surface area contributed by atoms with Gasteiger partial charge >= 0.3 is 0 Å². The lowest BCUT2D eigenvalue weighted by Crippen LogP contribution is -2.32. The van der Waals surface area contributed by atoms with Crippen LogP contribution in [-0.4, -0.2) is 15.5 Å². The SMILES string of the molecule is C.CC(C)(N)CCc1ccc(Cl)nc1Cl.CC1(C)CCc2ccc(Cl)nc2C1. The Morgan fingerprint density at radius 1 is 1.04 bits per heavy atom. The predicted octanol–water partition coefficient (Wildman–Crippen LogP) is 6.94. The summed E-state index contributed by atoms with van der Waals surface area (Å²) in [6.07, 6.45) is 5.15. The lowest BCUT2D eigenvalue weighted by Gasteiger charge is -2.30. The zero-order valence-electron chi connectivity index (χ0n) is 16.5. The molecule has 3 rings (SSSR count). The molecule has 0 fully saturated rings. The van der Waals surface area contributed by atoms with E-state index in [1.165, 1.54) is 17.7 Å². The Bertz CT molecular complexity index is 783. The molecule has 0 radical (unpaired) electrons. The molecular weight excluding hydrogens is 413 g/mol. The predicted molar refractivity (Wildman–Crippen MR) is 123 cm³/mol. The van der Waals surface area contributed by atoms with E-state index in [2.05, 4.69) is 29.9 Å². The average molecular weight is 445 g/mol. The Morgan fingerprint density at radius 2 is 1.64 bits per heavy atom. The maximum atomic E-state index is 5.92. The van der Waals surface area contributed by atoms with Crippen LogP contribution in [-0.2, 0) is 19.3 Å². The quantitative estimate of drug-likeness (QED) is 0.521. The number of aromatic nitrogens is 2. The van der Waals surface area contributed by atoms with Gasteiger partial charge in [-0.25, -0.2) is 9.97 Å². The zero-order valence-corrected chi connectivity index (χ0v) is 18.7. The Kier molecular flexibility index (Phi) is 9.21. The number of rotatable bonds is 3. The van der Waals surface area contributed by atoms with Gasteiger partial charge in [0.05, 0.1) is 0 Å². The van der Waals surface area contributed by atoms with Crippen molar-refractivity contribution in [3.63, 3.8) is 0 Å². The van der Waals surface area contributed by atoms with Gasteiger partial charge in [0, 0.05) is 11.2 Å². The molecule has 0 atom stereocenters. The smallest absolute Gasteiger partial charge is 0.134 e. The first-order valence-corrected chi connectivity index (χ1v) is 10.3. The number of fused-ring (bicyclic) bond motifs is 1. The van der Waals surface area contributed by atoms with Gasteiger partial charge in [-0.15, -0.1) is 0 Å². The Morgan fingerprint density at radius 3 is 2.25 bits per heavy atom. The first kappa shape index (κ1) is 25.2. The summed E-state index contributed by atoms with van der Waals surface area (Å²) in [6, 6.07) is 7.63. The maximum absolute atomic E-state index is 5.92. The number of halogens is 3. The van der Waals surface area contributed by atoms with Gasteiger partial charge in [0.2, 0.25) is 0 Å². The molecule has 1 aliphatic rings.